The summed E-state index contributed by atoms with van der Waals surface area (Å²) >= 11 is 3.66. The molecule has 0 atom stereocenters. The SMILES string of the molecule is CNc1nc(SCC2CCCC2)c2cc(C)sc2n1. The molecular formula is C14H19N3S2. The van der Waals surface area contributed by atoms with Gasteiger partial charge in [0.15, 0.2) is 0 Å². The van der Waals surface area contributed by atoms with Crippen molar-refractivity contribution < 1.29 is 0 Å². The van der Waals surface area contributed by atoms with Gasteiger partial charge in [0, 0.05) is 23.1 Å². The number of thiophene rings is 1. The van der Waals surface area contributed by atoms with Crippen molar-refractivity contribution in [3.05, 3.63) is 10.9 Å². The number of aryl methyl sites for hydroxylation is 1. The molecule has 3 rings (SSSR count). The average molecular weight is 293 g/mol. The maximum Gasteiger partial charge on any atom is 0.224 e. The van der Waals surface area contributed by atoms with Crippen LogP contribution < -0.4 is 5.32 Å². The Labute approximate surface area is 122 Å². The first-order valence-electron chi connectivity index (χ1n) is 6.85. The summed E-state index contributed by atoms with van der Waals surface area (Å²) in [6, 6.07) is 2.22. The predicted octanol–water partition coefficient (Wildman–Crippen LogP) is 4.32. The van der Waals surface area contributed by atoms with Crippen LogP contribution in [0.4, 0.5) is 5.95 Å². The first kappa shape index (κ1) is 13.2. The fourth-order valence-corrected chi connectivity index (χ4v) is 4.74. The van der Waals surface area contributed by atoms with Crippen molar-refractivity contribution in [3.63, 3.8) is 0 Å². The number of fused-ring (bicyclic) bond motifs is 1. The summed E-state index contributed by atoms with van der Waals surface area (Å²) in [5.74, 6) is 2.82. The van der Waals surface area contributed by atoms with Crippen LogP contribution in [0.1, 0.15) is 30.6 Å². The van der Waals surface area contributed by atoms with Crippen LogP contribution in [0.15, 0.2) is 11.1 Å². The number of hydrogen-bond donors (Lipinski definition) is 1. The van der Waals surface area contributed by atoms with Crippen LogP contribution in [0.5, 0.6) is 0 Å². The third-order valence-electron chi connectivity index (χ3n) is 3.64. The number of anilines is 1. The Bertz CT molecular complexity index is 573. The molecule has 1 saturated carbocycles. The molecule has 2 aromatic heterocycles. The zero-order chi connectivity index (χ0) is 13.2. The molecule has 102 valence electrons. The van der Waals surface area contributed by atoms with Crippen molar-refractivity contribution in [2.75, 3.05) is 18.1 Å². The van der Waals surface area contributed by atoms with E-state index in [2.05, 4.69) is 28.3 Å². The van der Waals surface area contributed by atoms with Gasteiger partial charge in [-0.05, 0) is 31.7 Å². The summed E-state index contributed by atoms with van der Waals surface area (Å²) in [5, 5.41) is 5.44. The van der Waals surface area contributed by atoms with Gasteiger partial charge in [0.05, 0.1) is 0 Å². The molecular weight excluding hydrogens is 274 g/mol. The fraction of sp³-hybridized carbons (Fsp3) is 0.571. The van der Waals surface area contributed by atoms with Crippen molar-refractivity contribution in [1.29, 1.82) is 0 Å². The Morgan fingerprint density at radius 2 is 2.16 bits per heavy atom. The van der Waals surface area contributed by atoms with Crippen LogP contribution in [0.25, 0.3) is 10.2 Å². The quantitative estimate of drug-likeness (QED) is 0.673. The zero-order valence-electron chi connectivity index (χ0n) is 11.4. The van der Waals surface area contributed by atoms with E-state index < -0.39 is 0 Å². The van der Waals surface area contributed by atoms with Crippen LogP contribution in [0.2, 0.25) is 0 Å². The van der Waals surface area contributed by atoms with Gasteiger partial charge in [-0.15, -0.1) is 23.1 Å². The molecule has 0 saturated heterocycles. The molecule has 2 heterocycles. The molecule has 19 heavy (non-hydrogen) atoms. The monoisotopic (exact) mass is 293 g/mol. The van der Waals surface area contributed by atoms with Crippen LogP contribution in [-0.2, 0) is 0 Å². The molecule has 0 bridgehead atoms. The standard InChI is InChI=1S/C14H19N3S2/c1-9-7-11-12(18-8-10-5-3-4-6-10)16-14(15-2)17-13(11)19-9/h7,10H,3-6,8H2,1-2H3,(H,15,16,17). The number of thioether (sulfide) groups is 1. The van der Waals surface area contributed by atoms with Crippen LogP contribution in [0, 0.1) is 12.8 Å². The minimum Gasteiger partial charge on any atom is -0.357 e. The van der Waals surface area contributed by atoms with Gasteiger partial charge < -0.3 is 5.32 Å². The second-order valence-corrected chi connectivity index (χ2v) is 7.38. The van der Waals surface area contributed by atoms with Crippen LogP contribution in [-0.4, -0.2) is 22.8 Å². The number of nitrogens with one attached hydrogen (secondary N) is 1. The molecule has 0 radical (unpaired) electrons. The Hall–Kier alpha value is -0.810. The van der Waals surface area contributed by atoms with E-state index >= 15 is 0 Å². The largest absolute Gasteiger partial charge is 0.357 e. The van der Waals surface area contributed by atoms with Crippen LogP contribution >= 0.6 is 23.1 Å². The number of aromatic nitrogens is 2. The van der Waals surface area contributed by atoms with Crippen molar-refractivity contribution in [1.82, 2.24) is 9.97 Å². The topological polar surface area (TPSA) is 37.8 Å². The molecule has 2 aromatic rings. The molecule has 3 nitrogen and oxygen atoms in total. The summed E-state index contributed by atoms with van der Waals surface area (Å²) in [5.41, 5.74) is 0. The van der Waals surface area contributed by atoms with E-state index in [1.165, 1.54) is 41.7 Å². The number of rotatable bonds is 4. The molecule has 0 unspecified atom stereocenters. The first-order valence-corrected chi connectivity index (χ1v) is 8.65. The fourth-order valence-electron chi connectivity index (χ4n) is 2.61. The summed E-state index contributed by atoms with van der Waals surface area (Å²) < 4.78 is 0. The number of nitrogens with zero attached hydrogens (tertiary/aromatic N) is 2. The van der Waals surface area contributed by atoms with E-state index in [4.69, 9.17) is 0 Å². The molecule has 0 aliphatic heterocycles. The van der Waals surface area contributed by atoms with Crippen molar-refractivity contribution in [2.45, 2.75) is 37.6 Å². The highest BCUT2D eigenvalue weighted by Crippen LogP contribution is 2.35. The Morgan fingerprint density at radius 1 is 1.37 bits per heavy atom. The van der Waals surface area contributed by atoms with E-state index in [9.17, 15) is 0 Å². The third-order valence-corrected chi connectivity index (χ3v) is 5.80. The summed E-state index contributed by atoms with van der Waals surface area (Å²) in [6.07, 6.45) is 5.60. The highest BCUT2D eigenvalue weighted by molar-refractivity contribution is 7.99. The van der Waals surface area contributed by atoms with Gasteiger partial charge >= 0.3 is 0 Å². The second kappa shape index (κ2) is 5.67. The van der Waals surface area contributed by atoms with E-state index in [0.29, 0.717) is 0 Å². The maximum atomic E-state index is 4.64. The normalized spacial score (nSPS) is 16.3. The van der Waals surface area contributed by atoms with E-state index in [-0.39, 0.29) is 0 Å². The highest BCUT2D eigenvalue weighted by atomic mass is 32.2. The third kappa shape index (κ3) is 2.87. The lowest BCUT2D eigenvalue weighted by molar-refractivity contribution is 0.623. The summed E-state index contributed by atoms with van der Waals surface area (Å²) in [7, 11) is 1.88. The Morgan fingerprint density at radius 3 is 2.89 bits per heavy atom. The smallest absolute Gasteiger partial charge is 0.224 e. The maximum absolute atomic E-state index is 4.64. The van der Waals surface area contributed by atoms with Crippen molar-refractivity contribution in [2.24, 2.45) is 5.92 Å². The highest BCUT2D eigenvalue weighted by Gasteiger charge is 2.17. The van der Waals surface area contributed by atoms with Crippen LogP contribution in [0.3, 0.4) is 0 Å². The number of hydrogen-bond acceptors (Lipinski definition) is 5. The first-order chi connectivity index (χ1) is 9.26. The Balaban J connectivity index is 1.86. The lowest BCUT2D eigenvalue weighted by atomic mass is 10.1. The molecule has 5 heteroatoms. The predicted molar refractivity (Wildman–Crippen MR) is 84.4 cm³/mol. The molecule has 0 aromatic carbocycles. The van der Waals surface area contributed by atoms with Gasteiger partial charge in [-0.3, -0.25) is 0 Å². The van der Waals surface area contributed by atoms with E-state index in [1.54, 1.807) is 11.3 Å². The van der Waals surface area contributed by atoms with Crippen molar-refractivity contribution >= 4 is 39.3 Å². The summed E-state index contributed by atoms with van der Waals surface area (Å²) in [6.45, 7) is 2.14. The second-order valence-electron chi connectivity index (χ2n) is 5.14. The molecule has 0 spiro atoms. The minimum atomic E-state index is 0.739. The average Bonchev–Trinajstić information content (AvgIpc) is 3.03. The van der Waals surface area contributed by atoms with E-state index in [1.807, 2.05) is 18.8 Å². The van der Waals surface area contributed by atoms with Gasteiger partial charge in [-0.1, -0.05) is 12.8 Å². The van der Waals surface area contributed by atoms with Gasteiger partial charge in [-0.25, -0.2) is 9.97 Å². The van der Waals surface area contributed by atoms with Gasteiger partial charge in [0.2, 0.25) is 5.95 Å². The molecule has 1 fully saturated rings. The lowest BCUT2D eigenvalue weighted by Gasteiger charge is -2.09. The van der Waals surface area contributed by atoms with Crippen molar-refractivity contribution in [3.8, 4) is 0 Å². The molecule has 0 amide bonds. The molecule has 1 aliphatic carbocycles. The lowest BCUT2D eigenvalue weighted by Crippen LogP contribution is -2.00. The summed E-state index contributed by atoms with van der Waals surface area (Å²) in [4.78, 5) is 11.6. The van der Waals surface area contributed by atoms with Gasteiger partial charge in [0.1, 0.15) is 9.86 Å². The van der Waals surface area contributed by atoms with Gasteiger partial charge in [0.25, 0.3) is 0 Å². The Kier molecular flexibility index (Phi) is 3.93. The van der Waals surface area contributed by atoms with Gasteiger partial charge in [-0.2, -0.15) is 0 Å². The minimum absolute atomic E-state index is 0.739. The molecule has 1 N–H and O–H groups in total. The zero-order valence-corrected chi connectivity index (χ0v) is 13.0. The molecule has 1 aliphatic rings. The van der Waals surface area contributed by atoms with E-state index in [0.717, 1.165) is 21.7 Å².